The Hall–Kier alpha value is -0.130. The molecule has 0 aliphatic carbocycles. The molecular weight excluding hydrogens is 190 g/mol. The zero-order valence-corrected chi connectivity index (χ0v) is 8.50. The van der Waals surface area contributed by atoms with E-state index in [1.54, 1.807) is 6.92 Å². The van der Waals surface area contributed by atoms with E-state index in [-0.39, 0.29) is 17.4 Å². The molecule has 5 heteroatoms. The van der Waals surface area contributed by atoms with E-state index in [0.29, 0.717) is 18.8 Å². The lowest BCUT2D eigenvalue weighted by Gasteiger charge is -2.27. The number of likely N-dealkylation sites (tertiary alicyclic amines) is 1. The maximum atomic E-state index is 11.4. The molecule has 0 aromatic carbocycles. The Bertz CT molecular complexity index is 299. The van der Waals surface area contributed by atoms with Crippen LogP contribution in [0.4, 0.5) is 0 Å². The molecule has 0 aromatic heterocycles. The van der Waals surface area contributed by atoms with E-state index in [9.17, 15) is 13.5 Å². The van der Waals surface area contributed by atoms with E-state index >= 15 is 0 Å². The molecule has 2 saturated heterocycles. The summed E-state index contributed by atoms with van der Waals surface area (Å²) in [6.45, 7) is 2.97. The minimum atomic E-state index is -2.78. The van der Waals surface area contributed by atoms with Crippen LogP contribution in [0.15, 0.2) is 0 Å². The van der Waals surface area contributed by atoms with Gasteiger partial charge in [-0.05, 0) is 13.3 Å². The molecule has 2 rings (SSSR count). The van der Waals surface area contributed by atoms with E-state index in [1.165, 1.54) is 0 Å². The minimum absolute atomic E-state index is 0.156. The number of aliphatic hydroxyl groups is 1. The summed E-state index contributed by atoms with van der Waals surface area (Å²) in [5, 5.41) is 9.02. The van der Waals surface area contributed by atoms with E-state index < -0.39 is 9.84 Å². The first-order valence-corrected chi connectivity index (χ1v) is 6.34. The molecule has 0 spiro atoms. The summed E-state index contributed by atoms with van der Waals surface area (Å²) in [6.07, 6.45) is 0.414. The summed E-state index contributed by atoms with van der Waals surface area (Å²) in [5.41, 5.74) is 0. The van der Waals surface area contributed by atoms with Gasteiger partial charge in [0.2, 0.25) is 0 Å². The number of hydrogen-bond donors (Lipinski definition) is 1. The summed E-state index contributed by atoms with van der Waals surface area (Å²) >= 11 is 0. The molecule has 0 aromatic rings. The summed E-state index contributed by atoms with van der Waals surface area (Å²) in [7, 11) is -2.78. The molecule has 0 radical (unpaired) electrons. The average Bonchev–Trinajstić information content (AvgIpc) is 2.41. The Kier molecular flexibility index (Phi) is 2.13. The molecule has 2 heterocycles. The number of hydrogen-bond acceptors (Lipinski definition) is 4. The SMILES string of the molecule is C[C@@H](O)CN1CC2CC1CS2(=O)=O. The second-order valence-electron chi connectivity index (χ2n) is 4.14. The molecule has 76 valence electrons. The summed E-state index contributed by atoms with van der Waals surface area (Å²) in [4.78, 5) is 2.09. The van der Waals surface area contributed by atoms with Crippen molar-refractivity contribution >= 4 is 9.84 Å². The standard InChI is InChI=1S/C8H15NO3S/c1-6(10)3-9-4-8-2-7(9)5-13(8,11)12/h6-8,10H,2-5H2,1H3/t6-,7?,8?/m1/s1. The quantitative estimate of drug-likeness (QED) is 0.643. The van der Waals surface area contributed by atoms with Crippen LogP contribution in [0.3, 0.4) is 0 Å². The van der Waals surface area contributed by atoms with Crippen molar-refractivity contribution in [3.8, 4) is 0 Å². The van der Waals surface area contributed by atoms with Crippen LogP contribution in [0.5, 0.6) is 0 Å². The largest absolute Gasteiger partial charge is 0.392 e. The lowest BCUT2D eigenvalue weighted by atomic mass is 10.2. The lowest BCUT2D eigenvalue weighted by Crippen LogP contribution is -2.43. The Balaban J connectivity index is 2.03. The highest BCUT2D eigenvalue weighted by molar-refractivity contribution is 7.92. The number of β-amino-alcohol motifs (C(OH)–C–C–N with tert-alkyl or cyclic N) is 1. The van der Waals surface area contributed by atoms with Crippen LogP contribution in [0, 0.1) is 0 Å². The minimum Gasteiger partial charge on any atom is -0.392 e. The number of sulfone groups is 1. The van der Waals surface area contributed by atoms with Gasteiger partial charge in [-0.2, -0.15) is 0 Å². The Morgan fingerprint density at radius 2 is 2.31 bits per heavy atom. The molecule has 13 heavy (non-hydrogen) atoms. The molecule has 2 aliphatic heterocycles. The molecule has 0 amide bonds. The van der Waals surface area contributed by atoms with Gasteiger partial charge in [0.1, 0.15) is 0 Å². The van der Waals surface area contributed by atoms with Crippen molar-refractivity contribution in [1.82, 2.24) is 4.90 Å². The number of aliphatic hydroxyl groups excluding tert-OH is 1. The topological polar surface area (TPSA) is 57.6 Å². The van der Waals surface area contributed by atoms with E-state index in [2.05, 4.69) is 4.90 Å². The van der Waals surface area contributed by atoms with Gasteiger partial charge in [-0.15, -0.1) is 0 Å². The Morgan fingerprint density at radius 1 is 1.62 bits per heavy atom. The van der Waals surface area contributed by atoms with Crippen molar-refractivity contribution in [1.29, 1.82) is 0 Å². The van der Waals surface area contributed by atoms with Crippen molar-refractivity contribution in [2.45, 2.75) is 30.7 Å². The maximum Gasteiger partial charge on any atom is 0.156 e. The molecule has 2 aliphatic rings. The van der Waals surface area contributed by atoms with Gasteiger partial charge in [0.05, 0.1) is 17.1 Å². The Labute approximate surface area is 78.5 Å². The predicted molar refractivity (Wildman–Crippen MR) is 49.2 cm³/mol. The van der Waals surface area contributed by atoms with Gasteiger partial charge in [0.25, 0.3) is 0 Å². The lowest BCUT2D eigenvalue weighted by molar-refractivity contribution is 0.122. The highest BCUT2D eigenvalue weighted by atomic mass is 32.2. The number of rotatable bonds is 2. The second kappa shape index (κ2) is 2.93. The molecule has 3 atom stereocenters. The predicted octanol–water partition coefficient (Wildman–Crippen LogP) is -0.761. The smallest absolute Gasteiger partial charge is 0.156 e. The maximum absolute atomic E-state index is 11.4. The van der Waals surface area contributed by atoms with Gasteiger partial charge in [0.15, 0.2) is 9.84 Å². The third-order valence-corrected chi connectivity index (χ3v) is 5.13. The van der Waals surface area contributed by atoms with Crippen molar-refractivity contribution < 1.29 is 13.5 Å². The van der Waals surface area contributed by atoms with Crippen LogP contribution < -0.4 is 0 Å². The zero-order chi connectivity index (χ0) is 9.64. The number of nitrogens with zero attached hydrogens (tertiary/aromatic N) is 1. The van der Waals surface area contributed by atoms with Crippen LogP contribution in [-0.2, 0) is 9.84 Å². The molecular formula is C8H15NO3S. The van der Waals surface area contributed by atoms with Crippen LogP contribution in [0.1, 0.15) is 13.3 Å². The summed E-state index contributed by atoms with van der Waals surface area (Å²) in [6, 6.07) is 0.171. The van der Waals surface area contributed by atoms with E-state index in [4.69, 9.17) is 0 Å². The zero-order valence-electron chi connectivity index (χ0n) is 7.68. The van der Waals surface area contributed by atoms with Crippen molar-refractivity contribution in [2.75, 3.05) is 18.8 Å². The average molecular weight is 205 g/mol. The Morgan fingerprint density at radius 3 is 2.69 bits per heavy atom. The fraction of sp³-hybridized carbons (Fsp3) is 1.00. The van der Waals surface area contributed by atoms with Crippen molar-refractivity contribution in [3.05, 3.63) is 0 Å². The first-order valence-electron chi connectivity index (χ1n) is 4.63. The normalized spacial score (nSPS) is 39.5. The number of fused-ring (bicyclic) bond motifs is 2. The molecule has 2 unspecified atom stereocenters. The molecule has 2 bridgehead atoms. The highest BCUT2D eigenvalue weighted by Gasteiger charge is 2.48. The molecule has 2 fully saturated rings. The highest BCUT2D eigenvalue weighted by Crippen LogP contribution is 2.32. The van der Waals surface area contributed by atoms with Gasteiger partial charge in [0, 0.05) is 19.1 Å². The van der Waals surface area contributed by atoms with Gasteiger partial charge in [-0.25, -0.2) is 8.42 Å². The fourth-order valence-corrected chi connectivity index (χ4v) is 4.43. The fourth-order valence-electron chi connectivity index (χ4n) is 2.34. The van der Waals surface area contributed by atoms with Gasteiger partial charge in [-0.1, -0.05) is 0 Å². The van der Waals surface area contributed by atoms with Gasteiger partial charge in [-0.3, -0.25) is 4.90 Å². The van der Waals surface area contributed by atoms with Crippen molar-refractivity contribution in [3.63, 3.8) is 0 Å². The molecule has 0 saturated carbocycles. The van der Waals surface area contributed by atoms with Crippen LogP contribution >= 0.6 is 0 Å². The van der Waals surface area contributed by atoms with Crippen molar-refractivity contribution in [2.24, 2.45) is 0 Å². The van der Waals surface area contributed by atoms with Crippen LogP contribution in [0.25, 0.3) is 0 Å². The summed E-state index contributed by atoms with van der Waals surface area (Å²) < 4.78 is 22.7. The molecule has 4 nitrogen and oxygen atoms in total. The van der Waals surface area contributed by atoms with E-state index in [1.807, 2.05) is 0 Å². The first-order chi connectivity index (χ1) is 5.99. The molecule has 1 N–H and O–H groups in total. The van der Waals surface area contributed by atoms with Gasteiger partial charge < -0.3 is 5.11 Å². The second-order valence-corrected chi connectivity index (χ2v) is 6.47. The monoisotopic (exact) mass is 205 g/mol. The third-order valence-electron chi connectivity index (χ3n) is 2.92. The third kappa shape index (κ3) is 1.60. The van der Waals surface area contributed by atoms with E-state index in [0.717, 1.165) is 6.42 Å². The van der Waals surface area contributed by atoms with Gasteiger partial charge >= 0.3 is 0 Å². The summed E-state index contributed by atoms with van der Waals surface area (Å²) in [5.74, 6) is 0.296. The van der Waals surface area contributed by atoms with Crippen LogP contribution in [0.2, 0.25) is 0 Å². The first kappa shape index (κ1) is 9.43. The van der Waals surface area contributed by atoms with Crippen LogP contribution in [-0.4, -0.2) is 54.7 Å².